The minimum atomic E-state index is -1.05. The molecule has 5 nitrogen and oxygen atoms in total. The zero-order valence-electron chi connectivity index (χ0n) is 14.5. The van der Waals surface area contributed by atoms with Crippen LogP contribution in [0.5, 0.6) is 5.75 Å². The zero-order valence-corrected chi connectivity index (χ0v) is 14.5. The van der Waals surface area contributed by atoms with Crippen molar-refractivity contribution in [2.24, 2.45) is 0 Å². The maximum Gasteiger partial charge on any atom is 0.371 e. The van der Waals surface area contributed by atoms with Gasteiger partial charge in [0.25, 0.3) is 0 Å². The lowest BCUT2D eigenvalue weighted by Gasteiger charge is -2.47. The standard InChI is InChI=1S/C19H23NO4/c1-12-10-19(2,3)20(11-13-8-9-16(24-13)18(21)22)17-14(12)6-5-7-15(17)23-4/h5-9,12H,10-11H2,1-4H3,(H,21,22)/t12-/m1/s1. The number of anilines is 1. The van der Waals surface area contributed by atoms with Crippen molar-refractivity contribution in [3.63, 3.8) is 0 Å². The van der Waals surface area contributed by atoms with Crippen molar-refractivity contribution in [3.8, 4) is 5.75 Å². The van der Waals surface area contributed by atoms with Crippen LogP contribution in [0.15, 0.2) is 34.7 Å². The molecular formula is C19H23NO4. The zero-order chi connectivity index (χ0) is 17.5. The molecule has 0 unspecified atom stereocenters. The number of rotatable bonds is 4. The average Bonchev–Trinajstić information content (AvgIpc) is 2.99. The van der Waals surface area contributed by atoms with Crippen LogP contribution >= 0.6 is 0 Å². The predicted molar refractivity (Wildman–Crippen MR) is 92.0 cm³/mol. The second kappa shape index (κ2) is 5.89. The first-order valence-corrected chi connectivity index (χ1v) is 8.10. The number of aromatic carboxylic acids is 1. The van der Waals surface area contributed by atoms with Crippen molar-refractivity contribution in [1.29, 1.82) is 0 Å². The number of carboxylic acid groups (broad SMARTS) is 1. The highest BCUT2D eigenvalue weighted by atomic mass is 16.5. The fourth-order valence-electron chi connectivity index (χ4n) is 3.69. The molecule has 1 aliphatic heterocycles. The Labute approximate surface area is 141 Å². The van der Waals surface area contributed by atoms with Crippen LogP contribution in [-0.2, 0) is 6.54 Å². The molecule has 1 aromatic carbocycles. The number of benzene rings is 1. The van der Waals surface area contributed by atoms with E-state index in [1.807, 2.05) is 12.1 Å². The molecule has 128 valence electrons. The van der Waals surface area contributed by atoms with Gasteiger partial charge in [-0.05, 0) is 49.9 Å². The van der Waals surface area contributed by atoms with E-state index < -0.39 is 5.97 Å². The van der Waals surface area contributed by atoms with Gasteiger partial charge in [0, 0.05) is 5.54 Å². The molecule has 0 saturated carbocycles. The van der Waals surface area contributed by atoms with Crippen LogP contribution in [0.1, 0.15) is 55.0 Å². The molecule has 0 bridgehead atoms. The lowest BCUT2D eigenvalue weighted by atomic mass is 9.80. The SMILES string of the molecule is COc1cccc2c1N(Cc1ccc(C(=O)O)o1)C(C)(C)C[C@H]2C. The Morgan fingerprint density at radius 1 is 1.38 bits per heavy atom. The summed E-state index contributed by atoms with van der Waals surface area (Å²) in [6, 6.07) is 9.34. The van der Waals surface area contributed by atoms with Gasteiger partial charge in [-0.3, -0.25) is 0 Å². The van der Waals surface area contributed by atoms with Crippen LogP contribution in [0.25, 0.3) is 0 Å². The van der Waals surface area contributed by atoms with E-state index in [2.05, 4.69) is 31.7 Å². The number of nitrogens with zero attached hydrogens (tertiary/aromatic N) is 1. The first-order chi connectivity index (χ1) is 11.3. The van der Waals surface area contributed by atoms with E-state index in [4.69, 9.17) is 14.3 Å². The molecule has 0 saturated heterocycles. The molecule has 3 rings (SSSR count). The van der Waals surface area contributed by atoms with Gasteiger partial charge >= 0.3 is 5.97 Å². The predicted octanol–water partition coefficient (Wildman–Crippen LogP) is 4.28. The number of hydrogen-bond donors (Lipinski definition) is 1. The molecule has 1 atom stereocenters. The Balaban J connectivity index is 2.04. The fourth-order valence-corrected chi connectivity index (χ4v) is 3.69. The summed E-state index contributed by atoms with van der Waals surface area (Å²) in [5.74, 6) is 0.802. The van der Waals surface area contributed by atoms with Crippen LogP contribution in [0.3, 0.4) is 0 Å². The Hall–Kier alpha value is -2.43. The maximum atomic E-state index is 11.0. The highest BCUT2D eigenvalue weighted by molar-refractivity contribution is 5.84. The molecule has 1 aromatic heterocycles. The molecule has 1 aliphatic rings. The van der Waals surface area contributed by atoms with E-state index in [1.165, 1.54) is 11.6 Å². The molecule has 0 amide bonds. The third-order valence-corrected chi connectivity index (χ3v) is 4.77. The molecule has 5 heteroatoms. The number of fused-ring (bicyclic) bond motifs is 1. The number of carbonyl (C=O) groups is 1. The third kappa shape index (κ3) is 2.75. The van der Waals surface area contributed by atoms with E-state index in [1.54, 1.807) is 13.2 Å². The molecular weight excluding hydrogens is 306 g/mol. The van der Waals surface area contributed by atoms with Gasteiger partial charge in [-0.15, -0.1) is 0 Å². The highest BCUT2D eigenvalue weighted by Crippen LogP contribution is 2.48. The summed E-state index contributed by atoms with van der Waals surface area (Å²) in [4.78, 5) is 13.3. The molecule has 2 aromatic rings. The largest absolute Gasteiger partial charge is 0.495 e. The van der Waals surface area contributed by atoms with E-state index in [9.17, 15) is 4.79 Å². The third-order valence-electron chi connectivity index (χ3n) is 4.77. The number of ether oxygens (including phenoxy) is 1. The summed E-state index contributed by atoms with van der Waals surface area (Å²) in [7, 11) is 1.68. The Bertz CT molecular complexity index is 762. The summed E-state index contributed by atoms with van der Waals surface area (Å²) in [6.07, 6.45) is 1.000. The van der Waals surface area contributed by atoms with Crippen LogP contribution in [0.4, 0.5) is 5.69 Å². The lowest BCUT2D eigenvalue weighted by Crippen LogP contribution is -2.47. The van der Waals surface area contributed by atoms with E-state index in [-0.39, 0.29) is 11.3 Å². The molecule has 24 heavy (non-hydrogen) atoms. The first-order valence-electron chi connectivity index (χ1n) is 8.10. The average molecular weight is 329 g/mol. The molecule has 0 fully saturated rings. The Morgan fingerprint density at radius 3 is 2.75 bits per heavy atom. The summed E-state index contributed by atoms with van der Waals surface area (Å²) in [5, 5.41) is 9.05. The van der Waals surface area contributed by atoms with Crippen molar-refractivity contribution < 1.29 is 19.1 Å². The Morgan fingerprint density at radius 2 is 2.12 bits per heavy atom. The van der Waals surface area contributed by atoms with Crippen molar-refractivity contribution in [1.82, 2.24) is 0 Å². The van der Waals surface area contributed by atoms with Crippen molar-refractivity contribution in [2.45, 2.75) is 45.2 Å². The van der Waals surface area contributed by atoms with Crippen LogP contribution in [0.2, 0.25) is 0 Å². The van der Waals surface area contributed by atoms with E-state index in [0.29, 0.717) is 18.2 Å². The molecule has 1 N–H and O–H groups in total. The van der Waals surface area contributed by atoms with Gasteiger partial charge in [0.1, 0.15) is 11.5 Å². The van der Waals surface area contributed by atoms with Gasteiger partial charge in [0.15, 0.2) is 0 Å². The fraction of sp³-hybridized carbons (Fsp3) is 0.421. The smallest absolute Gasteiger partial charge is 0.371 e. The van der Waals surface area contributed by atoms with Crippen molar-refractivity contribution in [2.75, 3.05) is 12.0 Å². The molecule has 2 heterocycles. The summed E-state index contributed by atoms with van der Waals surface area (Å²) in [5.41, 5.74) is 2.22. The lowest BCUT2D eigenvalue weighted by molar-refractivity contribution is 0.0660. The monoisotopic (exact) mass is 329 g/mol. The number of furan rings is 1. The topological polar surface area (TPSA) is 62.9 Å². The second-order valence-electron chi connectivity index (χ2n) is 6.97. The van der Waals surface area contributed by atoms with Gasteiger partial charge in [-0.2, -0.15) is 0 Å². The van der Waals surface area contributed by atoms with E-state index in [0.717, 1.165) is 17.9 Å². The van der Waals surface area contributed by atoms with Gasteiger partial charge in [0.05, 0.1) is 19.3 Å². The van der Waals surface area contributed by atoms with Gasteiger partial charge in [0.2, 0.25) is 5.76 Å². The highest BCUT2D eigenvalue weighted by Gasteiger charge is 2.38. The minimum absolute atomic E-state index is 0.0339. The quantitative estimate of drug-likeness (QED) is 0.907. The number of carboxylic acids is 1. The molecule has 0 aliphatic carbocycles. The van der Waals surface area contributed by atoms with Crippen LogP contribution in [0, 0.1) is 0 Å². The summed E-state index contributed by atoms with van der Waals surface area (Å²) >= 11 is 0. The van der Waals surface area contributed by atoms with Gasteiger partial charge < -0.3 is 19.2 Å². The van der Waals surface area contributed by atoms with Gasteiger partial charge in [-0.1, -0.05) is 19.1 Å². The maximum absolute atomic E-state index is 11.0. The second-order valence-corrected chi connectivity index (χ2v) is 6.97. The Kier molecular flexibility index (Phi) is 4.03. The number of hydrogen-bond acceptors (Lipinski definition) is 4. The summed E-state index contributed by atoms with van der Waals surface area (Å²) < 4.78 is 11.1. The number of para-hydroxylation sites is 1. The molecule has 0 spiro atoms. The van der Waals surface area contributed by atoms with Crippen molar-refractivity contribution >= 4 is 11.7 Å². The summed E-state index contributed by atoms with van der Waals surface area (Å²) in [6.45, 7) is 7.12. The molecule has 0 radical (unpaired) electrons. The van der Waals surface area contributed by atoms with Crippen molar-refractivity contribution in [3.05, 3.63) is 47.4 Å². The number of methoxy groups -OCH3 is 1. The normalized spacial score (nSPS) is 19.0. The van der Waals surface area contributed by atoms with E-state index >= 15 is 0 Å². The van der Waals surface area contributed by atoms with Crippen LogP contribution < -0.4 is 9.64 Å². The van der Waals surface area contributed by atoms with Crippen LogP contribution in [-0.4, -0.2) is 23.7 Å². The van der Waals surface area contributed by atoms with Gasteiger partial charge in [-0.25, -0.2) is 4.79 Å². The minimum Gasteiger partial charge on any atom is -0.495 e. The first kappa shape index (κ1) is 16.4.